The molecule has 7 heteroatoms. The van der Waals surface area contributed by atoms with Crippen molar-refractivity contribution in [3.05, 3.63) is 92.5 Å². The normalized spacial score (nSPS) is 16.6. The molecule has 0 fully saturated rings. The molecule has 0 unspecified atom stereocenters. The lowest BCUT2D eigenvalue weighted by Crippen LogP contribution is -2.54. The zero-order valence-corrected chi connectivity index (χ0v) is 16.9. The van der Waals surface area contributed by atoms with Crippen LogP contribution in [0.4, 0.5) is 5.82 Å². The molecule has 0 aliphatic carbocycles. The van der Waals surface area contributed by atoms with E-state index in [2.05, 4.69) is 72.8 Å². The predicted molar refractivity (Wildman–Crippen MR) is 116 cm³/mol. The molecule has 2 aromatic carbocycles. The third-order valence-corrected chi connectivity index (χ3v) is 5.85. The molecule has 0 bridgehead atoms. The van der Waals surface area contributed by atoms with Gasteiger partial charge in [-0.15, -0.1) is 0 Å². The molecule has 0 spiro atoms. The van der Waals surface area contributed by atoms with Crippen molar-refractivity contribution in [3.8, 4) is 0 Å². The number of benzene rings is 2. The van der Waals surface area contributed by atoms with E-state index >= 15 is 0 Å². The molecular formula is C22H23N5OS. The molecule has 3 heterocycles. The molecule has 2 aliphatic heterocycles. The molecule has 1 N–H and O–H groups in total. The average molecular weight is 406 g/mol. The van der Waals surface area contributed by atoms with Crippen LogP contribution in [-0.2, 0) is 26.3 Å². The highest BCUT2D eigenvalue weighted by Gasteiger charge is 2.32. The predicted octanol–water partition coefficient (Wildman–Crippen LogP) is 3.12. The molecule has 0 radical (unpaired) electrons. The van der Waals surface area contributed by atoms with Crippen molar-refractivity contribution in [1.29, 1.82) is 0 Å². The van der Waals surface area contributed by atoms with Gasteiger partial charge in [0, 0.05) is 19.6 Å². The highest BCUT2D eigenvalue weighted by Crippen LogP contribution is 2.30. The Morgan fingerprint density at radius 1 is 0.828 bits per heavy atom. The smallest absolute Gasteiger partial charge is 0.258 e. The number of nitrogens with zero attached hydrogens (tertiary/aromatic N) is 4. The maximum absolute atomic E-state index is 12.7. The van der Waals surface area contributed by atoms with Gasteiger partial charge in [-0.3, -0.25) is 24.1 Å². The zero-order chi connectivity index (χ0) is 19.8. The summed E-state index contributed by atoms with van der Waals surface area (Å²) in [7, 11) is 0. The summed E-state index contributed by atoms with van der Waals surface area (Å²) in [6, 6.07) is 20.9. The van der Waals surface area contributed by atoms with E-state index in [1.165, 1.54) is 11.1 Å². The second-order valence-electron chi connectivity index (χ2n) is 7.74. The first kappa shape index (κ1) is 18.3. The summed E-state index contributed by atoms with van der Waals surface area (Å²) in [6.45, 7) is 4.50. The molecule has 29 heavy (non-hydrogen) atoms. The SMILES string of the molecule is O=c1[nH]c(=S)n2c3c1CN(Cc1ccccc1)CN3CN(Cc1ccccc1)C2. The van der Waals surface area contributed by atoms with E-state index in [-0.39, 0.29) is 5.56 Å². The first-order valence-corrected chi connectivity index (χ1v) is 10.2. The lowest BCUT2D eigenvalue weighted by atomic mass is 10.1. The van der Waals surface area contributed by atoms with Crippen molar-refractivity contribution in [2.75, 3.05) is 18.2 Å². The van der Waals surface area contributed by atoms with Gasteiger partial charge >= 0.3 is 0 Å². The van der Waals surface area contributed by atoms with Gasteiger partial charge in [-0.05, 0) is 23.3 Å². The van der Waals surface area contributed by atoms with Gasteiger partial charge in [0.05, 0.1) is 25.6 Å². The highest BCUT2D eigenvalue weighted by atomic mass is 32.1. The number of anilines is 1. The molecule has 2 aliphatic rings. The molecule has 0 saturated carbocycles. The molecule has 5 rings (SSSR count). The van der Waals surface area contributed by atoms with Crippen LogP contribution in [0.15, 0.2) is 65.5 Å². The summed E-state index contributed by atoms with van der Waals surface area (Å²) < 4.78 is 2.56. The van der Waals surface area contributed by atoms with Crippen molar-refractivity contribution in [2.24, 2.45) is 0 Å². The summed E-state index contributed by atoms with van der Waals surface area (Å²) in [5.41, 5.74) is 3.25. The van der Waals surface area contributed by atoms with Crippen LogP contribution in [0.2, 0.25) is 0 Å². The van der Waals surface area contributed by atoms with E-state index in [0.29, 0.717) is 18.0 Å². The van der Waals surface area contributed by atoms with Gasteiger partial charge < -0.3 is 4.90 Å². The number of H-pyrrole nitrogens is 1. The number of nitrogens with one attached hydrogen (secondary N) is 1. The molecular weight excluding hydrogens is 382 g/mol. The van der Waals surface area contributed by atoms with Crippen LogP contribution in [0.3, 0.4) is 0 Å². The van der Waals surface area contributed by atoms with Crippen molar-refractivity contribution < 1.29 is 0 Å². The Hall–Kier alpha value is -2.74. The van der Waals surface area contributed by atoms with Crippen LogP contribution in [0, 0.1) is 4.77 Å². The van der Waals surface area contributed by atoms with E-state index in [9.17, 15) is 4.79 Å². The summed E-state index contributed by atoms with van der Waals surface area (Å²) in [5, 5.41) is 0. The molecule has 0 saturated heterocycles. The molecule has 0 amide bonds. The van der Waals surface area contributed by atoms with Gasteiger partial charge in [-0.2, -0.15) is 0 Å². The highest BCUT2D eigenvalue weighted by molar-refractivity contribution is 7.71. The van der Waals surface area contributed by atoms with Crippen LogP contribution in [0.1, 0.15) is 16.7 Å². The standard InChI is InChI=1S/C22H23N5OS/c28-20-19-13-24(11-17-7-3-1-4-8-17)14-26-15-25(12-18-9-5-2-6-10-18)16-27(21(19)26)22(29)23-20/h1-10H,11-16H2,(H,23,28,29). The largest absolute Gasteiger partial charge is 0.331 e. The van der Waals surface area contributed by atoms with Gasteiger partial charge in [0.15, 0.2) is 4.77 Å². The monoisotopic (exact) mass is 405 g/mol. The molecule has 148 valence electrons. The Balaban J connectivity index is 1.47. The second-order valence-corrected chi connectivity index (χ2v) is 8.13. The lowest BCUT2D eigenvalue weighted by Gasteiger charge is -2.45. The van der Waals surface area contributed by atoms with Crippen LogP contribution >= 0.6 is 12.2 Å². The number of hydrogen-bond donors (Lipinski definition) is 1. The maximum atomic E-state index is 12.7. The minimum atomic E-state index is -0.0690. The van der Waals surface area contributed by atoms with E-state index in [1.54, 1.807) is 0 Å². The minimum Gasteiger partial charge on any atom is -0.331 e. The number of aromatic nitrogens is 2. The Bertz CT molecular complexity index is 1040. The fourth-order valence-corrected chi connectivity index (χ4v) is 4.54. The molecule has 3 aromatic rings. The van der Waals surface area contributed by atoms with Crippen molar-refractivity contribution in [3.63, 3.8) is 0 Å². The van der Waals surface area contributed by atoms with Crippen LogP contribution < -0.4 is 10.5 Å². The summed E-state index contributed by atoms with van der Waals surface area (Å²) in [5.74, 6) is 0.979. The third kappa shape index (κ3) is 3.64. The van der Waals surface area contributed by atoms with Crippen LogP contribution in [-0.4, -0.2) is 32.7 Å². The van der Waals surface area contributed by atoms with Gasteiger partial charge in [-0.25, -0.2) is 0 Å². The van der Waals surface area contributed by atoms with E-state index < -0.39 is 0 Å². The first-order chi connectivity index (χ1) is 14.2. The average Bonchev–Trinajstić information content (AvgIpc) is 2.73. The molecule has 1 aromatic heterocycles. The lowest BCUT2D eigenvalue weighted by molar-refractivity contribution is 0.147. The van der Waals surface area contributed by atoms with Gasteiger partial charge in [0.2, 0.25) is 0 Å². The topological polar surface area (TPSA) is 47.5 Å². The number of aromatic amines is 1. The van der Waals surface area contributed by atoms with Gasteiger partial charge in [0.1, 0.15) is 5.82 Å². The Morgan fingerprint density at radius 3 is 2.07 bits per heavy atom. The molecule has 0 atom stereocenters. The first-order valence-electron chi connectivity index (χ1n) is 9.81. The van der Waals surface area contributed by atoms with Crippen molar-refractivity contribution in [1.82, 2.24) is 19.4 Å². The Morgan fingerprint density at radius 2 is 1.41 bits per heavy atom. The second kappa shape index (κ2) is 7.59. The fourth-order valence-electron chi connectivity index (χ4n) is 4.30. The molecule has 6 nitrogen and oxygen atoms in total. The van der Waals surface area contributed by atoms with Gasteiger partial charge in [-0.1, -0.05) is 60.7 Å². The Labute approximate surface area is 174 Å². The minimum absolute atomic E-state index is 0.0690. The summed E-state index contributed by atoms with van der Waals surface area (Å²) >= 11 is 5.50. The van der Waals surface area contributed by atoms with Crippen molar-refractivity contribution >= 4 is 18.0 Å². The van der Waals surface area contributed by atoms with Crippen molar-refractivity contribution in [2.45, 2.75) is 26.3 Å². The summed E-state index contributed by atoms with van der Waals surface area (Å²) in [6.07, 6.45) is 0. The third-order valence-electron chi connectivity index (χ3n) is 5.53. The Kier molecular flexibility index (Phi) is 4.79. The van der Waals surface area contributed by atoms with E-state index in [4.69, 9.17) is 12.2 Å². The van der Waals surface area contributed by atoms with Crippen LogP contribution in [0.5, 0.6) is 0 Å². The maximum Gasteiger partial charge on any atom is 0.258 e. The van der Waals surface area contributed by atoms with Crippen LogP contribution in [0.25, 0.3) is 0 Å². The zero-order valence-electron chi connectivity index (χ0n) is 16.1. The number of rotatable bonds is 4. The van der Waals surface area contributed by atoms with E-state index in [0.717, 1.165) is 37.8 Å². The fraction of sp³-hybridized carbons (Fsp3) is 0.273. The summed E-state index contributed by atoms with van der Waals surface area (Å²) in [4.78, 5) is 22.5. The number of hydrogen-bond acceptors (Lipinski definition) is 5. The van der Waals surface area contributed by atoms with E-state index in [1.807, 2.05) is 12.1 Å². The quantitative estimate of drug-likeness (QED) is 0.676. The van der Waals surface area contributed by atoms with Gasteiger partial charge in [0.25, 0.3) is 5.56 Å².